The van der Waals surface area contributed by atoms with Crippen molar-refractivity contribution in [2.24, 2.45) is 11.8 Å². The molecule has 1 saturated carbocycles. The SMILES string of the molecule is O=C(Nc1ccc(Br)cc1)C1CCN(C(=O)C2CC2)CC1. The smallest absolute Gasteiger partial charge is 0.227 e. The van der Waals surface area contributed by atoms with E-state index in [1.165, 1.54) is 0 Å². The first-order valence-electron chi connectivity index (χ1n) is 7.49. The van der Waals surface area contributed by atoms with Crippen LogP contribution in [0.2, 0.25) is 0 Å². The molecule has 2 fully saturated rings. The van der Waals surface area contributed by atoms with Crippen molar-refractivity contribution in [1.82, 2.24) is 4.90 Å². The van der Waals surface area contributed by atoms with Gasteiger partial charge in [-0.15, -0.1) is 0 Å². The van der Waals surface area contributed by atoms with Gasteiger partial charge in [-0.1, -0.05) is 15.9 Å². The molecule has 0 bridgehead atoms. The van der Waals surface area contributed by atoms with Gasteiger partial charge < -0.3 is 10.2 Å². The number of carbonyl (C=O) groups excluding carboxylic acids is 2. The van der Waals surface area contributed by atoms with Crippen LogP contribution in [0.5, 0.6) is 0 Å². The molecule has 1 N–H and O–H groups in total. The first-order chi connectivity index (χ1) is 10.1. The Morgan fingerprint density at radius 1 is 1.00 bits per heavy atom. The summed E-state index contributed by atoms with van der Waals surface area (Å²) in [7, 11) is 0. The molecular weight excluding hydrogens is 332 g/mol. The second-order valence-electron chi connectivity index (χ2n) is 5.87. The number of nitrogens with one attached hydrogen (secondary N) is 1. The Labute approximate surface area is 133 Å². The molecule has 0 spiro atoms. The highest BCUT2D eigenvalue weighted by molar-refractivity contribution is 9.10. The highest BCUT2D eigenvalue weighted by Crippen LogP contribution is 2.32. The fourth-order valence-electron chi connectivity index (χ4n) is 2.73. The number of halogens is 1. The van der Waals surface area contributed by atoms with E-state index < -0.39 is 0 Å². The number of likely N-dealkylation sites (tertiary alicyclic amines) is 1. The zero-order valence-electron chi connectivity index (χ0n) is 11.8. The third-order valence-electron chi connectivity index (χ3n) is 4.22. The van der Waals surface area contributed by atoms with Crippen LogP contribution in [0.3, 0.4) is 0 Å². The minimum absolute atomic E-state index is 0.0110. The number of benzene rings is 1. The van der Waals surface area contributed by atoms with Crippen LogP contribution in [0.4, 0.5) is 5.69 Å². The van der Waals surface area contributed by atoms with E-state index in [9.17, 15) is 9.59 Å². The summed E-state index contributed by atoms with van der Waals surface area (Å²) in [5.74, 6) is 0.646. The second-order valence-corrected chi connectivity index (χ2v) is 6.79. The zero-order valence-corrected chi connectivity index (χ0v) is 13.4. The highest BCUT2D eigenvalue weighted by Gasteiger charge is 2.35. The molecule has 1 heterocycles. The predicted molar refractivity (Wildman–Crippen MR) is 84.8 cm³/mol. The third-order valence-corrected chi connectivity index (χ3v) is 4.74. The van der Waals surface area contributed by atoms with E-state index in [4.69, 9.17) is 0 Å². The van der Waals surface area contributed by atoms with Gasteiger partial charge in [0.05, 0.1) is 0 Å². The van der Waals surface area contributed by atoms with E-state index in [0.29, 0.717) is 19.0 Å². The van der Waals surface area contributed by atoms with Crippen molar-refractivity contribution in [3.8, 4) is 0 Å². The Morgan fingerprint density at radius 2 is 1.62 bits per heavy atom. The standard InChI is InChI=1S/C16H19BrN2O2/c17-13-3-5-14(6-4-13)18-15(20)11-7-9-19(10-8-11)16(21)12-1-2-12/h3-6,11-12H,1-2,7-10H2,(H,18,20). The molecule has 0 atom stereocenters. The summed E-state index contributed by atoms with van der Waals surface area (Å²) in [6.07, 6.45) is 3.62. The van der Waals surface area contributed by atoms with Crippen LogP contribution in [0.25, 0.3) is 0 Å². The molecule has 2 aliphatic rings. The molecule has 1 aliphatic heterocycles. The Balaban J connectivity index is 1.50. The minimum Gasteiger partial charge on any atom is -0.342 e. The maximum atomic E-state index is 12.2. The van der Waals surface area contributed by atoms with Crippen LogP contribution in [0.1, 0.15) is 25.7 Å². The average Bonchev–Trinajstić information content (AvgIpc) is 3.34. The molecule has 3 rings (SSSR count). The number of nitrogens with zero attached hydrogens (tertiary/aromatic N) is 1. The zero-order chi connectivity index (χ0) is 14.8. The van der Waals surface area contributed by atoms with Gasteiger partial charge >= 0.3 is 0 Å². The lowest BCUT2D eigenvalue weighted by molar-refractivity contribution is -0.135. The van der Waals surface area contributed by atoms with Gasteiger partial charge in [-0.25, -0.2) is 0 Å². The molecule has 5 heteroatoms. The van der Waals surface area contributed by atoms with Crippen LogP contribution in [0.15, 0.2) is 28.7 Å². The molecule has 21 heavy (non-hydrogen) atoms. The van der Waals surface area contributed by atoms with Crippen molar-refractivity contribution in [2.45, 2.75) is 25.7 Å². The summed E-state index contributed by atoms with van der Waals surface area (Å²) < 4.78 is 0.993. The summed E-state index contributed by atoms with van der Waals surface area (Å²) in [4.78, 5) is 26.2. The van der Waals surface area contributed by atoms with Crippen LogP contribution in [0, 0.1) is 11.8 Å². The van der Waals surface area contributed by atoms with E-state index in [0.717, 1.165) is 35.8 Å². The summed E-state index contributed by atoms with van der Waals surface area (Å²) in [5, 5.41) is 2.95. The molecule has 1 aromatic carbocycles. The molecule has 4 nitrogen and oxygen atoms in total. The Bertz CT molecular complexity index is 532. The molecule has 1 saturated heterocycles. The summed E-state index contributed by atoms with van der Waals surface area (Å²) in [6.45, 7) is 1.43. The summed E-state index contributed by atoms with van der Waals surface area (Å²) >= 11 is 3.37. The van der Waals surface area contributed by atoms with Crippen molar-refractivity contribution < 1.29 is 9.59 Å². The van der Waals surface area contributed by atoms with E-state index in [-0.39, 0.29) is 17.7 Å². The molecule has 1 aromatic rings. The van der Waals surface area contributed by atoms with Gasteiger partial charge in [0.15, 0.2) is 0 Å². The molecule has 1 aliphatic carbocycles. The van der Waals surface area contributed by atoms with E-state index in [2.05, 4.69) is 21.2 Å². The third kappa shape index (κ3) is 3.64. The first kappa shape index (κ1) is 14.6. The monoisotopic (exact) mass is 350 g/mol. The minimum atomic E-state index is 0.0110. The maximum Gasteiger partial charge on any atom is 0.227 e. The maximum absolute atomic E-state index is 12.2. The Kier molecular flexibility index (Phi) is 4.29. The van der Waals surface area contributed by atoms with Gasteiger partial charge in [0, 0.05) is 35.1 Å². The van der Waals surface area contributed by atoms with Gasteiger partial charge in [-0.2, -0.15) is 0 Å². The Morgan fingerprint density at radius 3 is 2.19 bits per heavy atom. The number of hydrogen-bond acceptors (Lipinski definition) is 2. The van der Waals surface area contributed by atoms with Crippen molar-refractivity contribution in [3.05, 3.63) is 28.7 Å². The van der Waals surface area contributed by atoms with E-state index in [1.54, 1.807) is 0 Å². The van der Waals surface area contributed by atoms with Gasteiger partial charge in [0.2, 0.25) is 11.8 Å². The van der Waals surface area contributed by atoms with Gasteiger partial charge in [0.25, 0.3) is 0 Å². The van der Waals surface area contributed by atoms with Crippen molar-refractivity contribution in [3.63, 3.8) is 0 Å². The lowest BCUT2D eigenvalue weighted by Gasteiger charge is -2.31. The van der Waals surface area contributed by atoms with Gasteiger partial charge in [-0.3, -0.25) is 9.59 Å². The topological polar surface area (TPSA) is 49.4 Å². The van der Waals surface area contributed by atoms with Crippen molar-refractivity contribution >= 4 is 33.4 Å². The van der Waals surface area contributed by atoms with E-state index in [1.807, 2.05) is 29.2 Å². The Hall–Kier alpha value is -1.36. The van der Waals surface area contributed by atoms with Crippen LogP contribution in [-0.4, -0.2) is 29.8 Å². The average molecular weight is 351 g/mol. The fraction of sp³-hybridized carbons (Fsp3) is 0.500. The number of anilines is 1. The molecular formula is C16H19BrN2O2. The van der Waals surface area contributed by atoms with Crippen LogP contribution in [-0.2, 0) is 9.59 Å². The predicted octanol–water partition coefficient (Wildman–Crippen LogP) is 3.04. The molecule has 0 radical (unpaired) electrons. The number of hydrogen-bond donors (Lipinski definition) is 1. The van der Waals surface area contributed by atoms with Crippen LogP contribution < -0.4 is 5.32 Å². The van der Waals surface area contributed by atoms with Gasteiger partial charge in [0.1, 0.15) is 0 Å². The number of piperidine rings is 1. The first-order valence-corrected chi connectivity index (χ1v) is 8.28. The molecule has 0 unspecified atom stereocenters. The van der Waals surface area contributed by atoms with Gasteiger partial charge in [-0.05, 0) is 49.9 Å². The summed E-state index contributed by atoms with van der Waals surface area (Å²) in [5.41, 5.74) is 0.819. The lowest BCUT2D eigenvalue weighted by Crippen LogP contribution is -2.42. The van der Waals surface area contributed by atoms with Crippen molar-refractivity contribution in [1.29, 1.82) is 0 Å². The normalized spacial score (nSPS) is 19.4. The molecule has 2 amide bonds. The molecule has 0 aromatic heterocycles. The largest absolute Gasteiger partial charge is 0.342 e. The van der Waals surface area contributed by atoms with Crippen LogP contribution >= 0.6 is 15.9 Å². The second kappa shape index (κ2) is 6.18. The number of carbonyl (C=O) groups is 2. The molecule has 112 valence electrons. The summed E-state index contributed by atoms with van der Waals surface area (Å²) in [6, 6.07) is 7.58. The fourth-order valence-corrected chi connectivity index (χ4v) is 2.99. The quantitative estimate of drug-likeness (QED) is 0.910. The lowest BCUT2D eigenvalue weighted by atomic mass is 9.95. The highest BCUT2D eigenvalue weighted by atomic mass is 79.9. The van der Waals surface area contributed by atoms with Crippen molar-refractivity contribution in [2.75, 3.05) is 18.4 Å². The number of amides is 2. The van der Waals surface area contributed by atoms with E-state index >= 15 is 0 Å². The number of rotatable bonds is 3.